The fourth-order valence-corrected chi connectivity index (χ4v) is 6.85. The van der Waals surface area contributed by atoms with Crippen LogP contribution in [-0.4, -0.2) is 36.5 Å². The molecule has 2 atom stereocenters. The first-order chi connectivity index (χ1) is 18.9. The van der Waals surface area contributed by atoms with Crippen LogP contribution in [-0.2, 0) is 11.2 Å². The molecule has 2 aliphatic heterocycles. The quantitative estimate of drug-likeness (QED) is 0.269. The summed E-state index contributed by atoms with van der Waals surface area (Å²) >= 11 is 6.09. The fourth-order valence-electron chi connectivity index (χ4n) is 6.73. The second-order valence-corrected chi connectivity index (χ2v) is 11.6. The maximum atomic E-state index is 13.0. The van der Waals surface area contributed by atoms with Crippen LogP contribution in [0, 0.1) is 19.8 Å². The van der Waals surface area contributed by atoms with E-state index in [-0.39, 0.29) is 18.0 Å². The third-order valence-corrected chi connectivity index (χ3v) is 9.14. The lowest BCUT2D eigenvalue weighted by Gasteiger charge is -2.44. The molecule has 6 nitrogen and oxygen atoms in total. The van der Waals surface area contributed by atoms with Gasteiger partial charge in [-0.05, 0) is 94.3 Å². The predicted molar refractivity (Wildman–Crippen MR) is 155 cm³/mol. The number of hydrogen-bond donors (Lipinski definition) is 1. The standard InChI is InChI=1S/C32H35ClN2O4/c1-19-24(12-13-29(36)34-17-22-6-5-15-35-14-4-3-7-28(22)35)32(37)39-31-20(2)30-26(16-25(19)31)27(18-38-30)21-8-10-23(33)11-9-21/h8-11,16,18,22,28H,3-7,12-15,17H2,1-2H3,(H,34,36)/t22-,28+/m1/s1. The zero-order valence-electron chi connectivity index (χ0n) is 22.6. The lowest BCUT2D eigenvalue weighted by atomic mass is 9.83. The van der Waals surface area contributed by atoms with E-state index < -0.39 is 0 Å². The van der Waals surface area contributed by atoms with Gasteiger partial charge in [0.15, 0.2) is 0 Å². The molecular weight excluding hydrogens is 512 g/mol. The molecule has 4 aromatic rings. The minimum atomic E-state index is -0.384. The maximum absolute atomic E-state index is 13.0. The first-order valence-corrected chi connectivity index (χ1v) is 14.5. The van der Waals surface area contributed by atoms with Gasteiger partial charge in [0.2, 0.25) is 5.91 Å². The molecule has 7 heteroatoms. The summed E-state index contributed by atoms with van der Waals surface area (Å²) in [7, 11) is 0. The second-order valence-electron chi connectivity index (χ2n) is 11.2. The number of fused-ring (bicyclic) bond motifs is 3. The second kappa shape index (κ2) is 10.8. The summed E-state index contributed by atoms with van der Waals surface area (Å²) in [4.78, 5) is 28.5. The molecule has 2 aliphatic rings. The van der Waals surface area contributed by atoms with Crippen molar-refractivity contribution in [2.45, 2.75) is 64.8 Å². The van der Waals surface area contributed by atoms with Gasteiger partial charge in [-0.2, -0.15) is 0 Å². The Morgan fingerprint density at radius 2 is 1.82 bits per heavy atom. The topological polar surface area (TPSA) is 75.7 Å². The highest BCUT2D eigenvalue weighted by molar-refractivity contribution is 6.30. The van der Waals surface area contributed by atoms with Gasteiger partial charge in [0, 0.05) is 51.5 Å². The van der Waals surface area contributed by atoms with E-state index in [0.717, 1.165) is 39.6 Å². The molecule has 1 N–H and O–H groups in total. The molecule has 39 heavy (non-hydrogen) atoms. The zero-order valence-corrected chi connectivity index (χ0v) is 23.4. The Morgan fingerprint density at radius 1 is 1.03 bits per heavy atom. The van der Waals surface area contributed by atoms with E-state index in [4.69, 9.17) is 20.4 Å². The minimum Gasteiger partial charge on any atom is -0.463 e. The summed E-state index contributed by atoms with van der Waals surface area (Å²) in [6.07, 6.45) is 8.54. The largest absolute Gasteiger partial charge is 0.463 e. The highest BCUT2D eigenvalue weighted by atomic mass is 35.5. The number of benzene rings is 2. The van der Waals surface area contributed by atoms with Crippen molar-refractivity contribution in [1.29, 1.82) is 0 Å². The van der Waals surface area contributed by atoms with Gasteiger partial charge >= 0.3 is 5.63 Å². The molecule has 0 unspecified atom stereocenters. The van der Waals surface area contributed by atoms with Crippen LogP contribution in [0.25, 0.3) is 33.1 Å². The van der Waals surface area contributed by atoms with E-state index >= 15 is 0 Å². The monoisotopic (exact) mass is 546 g/mol. The van der Waals surface area contributed by atoms with Crippen molar-refractivity contribution < 1.29 is 13.6 Å². The van der Waals surface area contributed by atoms with Crippen LogP contribution in [0.5, 0.6) is 0 Å². The number of rotatable bonds is 6. The number of furan rings is 1. The summed E-state index contributed by atoms with van der Waals surface area (Å²) in [5, 5.41) is 5.66. The number of nitrogens with one attached hydrogen (secondary N) is 1. The maximum Gasteiger partial charge on any atom is 0.339 e. The summed E-state index contributed by atoms with van der Waals surface area (Å²) in [6.45, 7) is 6.96. The molecule has 0 spiro atoms. The number of aryl methyl sites for hydroxylation is 2. The molecule has 2 aromatic carbocycles. The number of carbonyl (C=O) groups excluding carboxylic acids is 1. The number of carbonyl (C=O) groups is 1. The predicted octanol–water partition coefficient (Wildman–Crippen LogP) is 6.79. The van der Waals surface area contributed by atoms with Crippen molar-refractivity contribution in [3.8, 4) is 11.1 Å². The molecule has 0 saturated carbocycles. The molecule has 2 aromatic heterocycles. The number of nitrogens with zero attached hydrogens (tertiary/aromatic N) is 1. The van der Waals surface area contributed by atoms with Crippen molar-refractivity contribution >= 4 is 39.4 Å². The normalized spacial score (nSPS) is 19.9. The molecule has 2 fully saturated rings. The Kier molecular flexibility index (Phi) is 7.25. The lowest BCUT2D eigenvalue weighted by Crippen LogP contribution is -2.51. The first-order valence-electron chi connectivity index (χ1n) is 14.1. The highest BCUT2D eigenvalue weighted by Crippen LogP contribution is 2.37. The van der Waals surface area contributed by atoms with Crippen LogP contribution < -0.4 is 10.9 Å². The summed E-state index contributed by atoms with van der Waals surface area (Å²) < 4.78 is 11.7. The molecule has 4 heterocycles. The number of halogens is 1. The van der Waals surface area contributed by atoms with Gasteiger partial charge < -0.3 is 19.1 Å². The number of amides is 1. The average molecular weight is 547 g/mol. The Hall–Kier alpha value is -3.09. The molecule has 0 aliphatic carbocycles. The van der Waals surface area contributed by atoms with Crippen molar-refractivity contribution in [3.05, 3.63) is 68.7 Å². The molecule has 1 amide bonds. The van der Waals surface area contributed by atoms with E-state index in [2.05, 4.69) is 10.2 Å². The molecule has 2 saturated heterocycles. The van der Waals surface area contributed by atoms with Gasteiger partial charge in [0.1, 0.15) is 11.2 Å². The Morgan fingerprint density at radius 3 is 2.64 bits per heavy atom. The van der Waals surface area contributed by atoms with Crippen LogP contribution in [0.2, 0.25) is 5.02 Å². The average Bonchev–Trinajstić information content (AvgIpc) is 3.37. The van der Waals surface area contributed by atoms with Gasteiger partial charge in [0.25, 0.3) is 0 Å². The van der Waals surface area contributed by atoms with Crippen molar-refractivity contribution in [3.63, 3.8) is 0 Å². The number of hydrogen-bond acceptors (Lipinski definition) is 5. The van der Waals surface area contributed by atoms with Crippen molar-refractivity contribution in [2.75, 3.05) is 19.6 Å². The van der Waals surface area contributed by atoms with Gasteiger partial charge in [-0.3, -0.25) is 4.79 Å². The van der Waals surface area contributed by atoms with Crippen LogP contribution in [0.3, 0.4) is 0 Å². The van der Waals surface area contributed by atoms with Crippen LogP contribution in [0.1, 0.15) is 55.2 Å². The molecule has 6 rings (SSSR count). The summed E-state index contributed by atoms with van der Waals surface area (Å²) in [5.74, 6) is 0.513. The summed E-state index contributed by atoms with van der Waals surface area (Å²) in [5.41, 5.74) is 5.00. The van der Waals surface area contributed by atoms with Crippen LogP contribution in [0.15, 0.2) is 50.2 Å². The first kappa shape index (κ1) is 26.1. The van der Waals surface area contributed by atoms with Crippen LogP contribution in [0.4, 0.5) is 0 Å². The van der Waals surface area contributed by atoms with Crippen molar-refractivity contribution in [1.82, 2.24) is 10.2 Å². The third kappa shape index (κ3) is 5.01. The molecular formula is C32H35ClN2O4. The lowest BCUT2D eigenvalue weighted by molar-refractivity contribution is -0.121. The van der Waals surface area contributed by atoms with E-state index in [1.165, 1.54) is 45.2 Å². The summed E-state index contributed by atoms with van der Waals surface area (Å²) in [6, 6.07) is 10.3. The van der Waals surface area contributed by atoms with Gasteiger partial charge in [-0.25, -0.2) is 4.79 Å². The highest BCUT2D eigenvalue weighted by Gasteiger charge is 2.33. The Labute approximate surface area is 233 Å². The third-order valence-electron chi connectivity index (χ3n) is 8.89. The molecule has 0 radical (unpaired) electrons. The van der Waals surface area contributed by atoms with Gasteiger partial charge in [0.05, 0.1) is 6.26 Å². The Bertz CT molecular complexity index is 1580. The fraction of sp³-hybridized carbons (Fsp3) is 0.438. The van der Waals surface area contributed by atoms with Crippen LogP contribution >= 0.6 is 11.6 Å². The van der Waals surface area contributed by atoms with E-state index in [1.807, 2.05) is 44.2 Å². The van der Waals surface area contributed by atoms with E-state index in [1.54, 1.807) is 6.26 Å². The smallest absolute Gasteiger partial charge is 0.339 e. The number of piperidine rings is 2. The van der Waals surface area contributed by atoms with Gasteiger partial charge in [-0.15, -0.1) is 0 Å². The molecule has 0 bridgehead atoms. The minimum absolute atomic E-state index is 0.00618. The Balaban J connectivity index is 1.22. The van der Waals surface area contributed by atoms with Crippen molar-refractivity contribution in [2.24, 2.45) is 5.92 Å². The van der Waals surface area contributed by atoms with Gasteiger partial charge in [-0.1, -0.05) is 30.2 Å². The van der Waals surface area contributed by atoms with E-state index in [0.29, 0.717) is 40.1 Å². The molecule has 204 valence electrons. The SMILES string of the molecule is Cc1c(CCC(=O)NC[C@H]2CCCN3CCCC[C@@H]23)c(=O)oc2c(C)c3occ(-c4ccc(Cl)cc4)c3cc12. The van der Waals surface area contributed by atoms with E-state index in [9.17, 15) is 9.59 Å². The zero-order chi connectivity index (χ0) is 27.1.